The quantitative estimate of drug-likeness (QED) is 0.596. The van der Waals surface area contributed by atoms with Crippen molar-refractivity contribution < 1.29 is 9.59 Å². The van der Waals surface area contributed by atoms with Crippen LogP contribution < -0.4 is 0 Å². The highest BCUT2D eigenvalue weighted by atomic mass is 16.1. The van der Waals surface area contributed by atoms with Gasteiger partial charge in [-0.15, -0.1) is 0 Å². The zero-order chi connectivity index (χ0) is 18.8. The molecule has 0 aliphatic rings. The number of benzene rings is 3. The molecule has 0 radical (unpaired) electrons. The molecular weight excluding hydrogens is 320 g/mol. The van der Waals surface area contributed by atoms with Crippen LogP contribution in [0, 0.1) is 27.7 Å². The minimum atomic E-state index is -0.0139. The molecule has 0 heterocycles. The molecule has 0 saturated heterocycles. The summed E-state index contributed by atoms with van der Waals surface area (Å²) in [5, 5.41) is 0. The van der Waals surface area contributed by atoms with E-state index in [2.05, 4.69) is 0 Å². The van der Waals surface area contributed by atoms with Crippen LogP contribution in [0.15, 0.2) is 60.7 Å². The first-order valence-corrected chi connectivity index (χ1v) is 8.71. The van der Waals surface area contributed by atoms with Gasteiger partial charge in [-0.3, -0.25) is 9.59 Å². The highest BCUT2D eigenvalue weighted by Crippen LogP contribution is 2.23. The van der Waals surface area contributed by atoms with E-state index >= 15 is 0 Å². The Bertz CT molecular complexity index is 895. The molecule has 3 aromatic carbocycles. The van der Waals surface area contributed by atoms with Crippen molar-refractivity contribution in [2.75, 3.05) is 0 Å². The molecule has 0 atom stereocenters. The summed E-state index contributed by atoms with van der Waals surface area (Å²) in [4.78, 5) is 25.7. The van der Waals surface area contributed by atoms with Crippen molar-refractivity contribution in [3.05, 3.63) is 105 Å². The lowest BCUT2D eigenvalue weighted by Crippen LogP contribution is -2.10. The summed E-state index contributed by atoms with van der Waals surface area (Å²) in [6.45, 7) is 7.80. The largest absolute Gasteiger partial charge is 0.289 e. The fraction of sp³-hybridized carbons (Fsp3) is 0.167. The third-order valence-electron chi connectivity index (χ3n) is 4.90. The molecule has 130 valence electrons. The fourth-order valence-electron chi connectivity index (χ4n) is 3.03. The van der Waals surface area contributed by atoms with Crippen molar-refractivity contribution in [3.63, 3.8) is 0 Å². The molecule has 0 spiro atoms. The molecule has 0 amide bonds. The highest BCUT2D eigenvalue weighted by molar-refractivity contribution is 6.13. The first-order chi connectivity index (χ1) is 12.4. The number of carbonyl (C=O) groups excluding carboxylic acids is 2. The first-order valence-electron chi connectivity index (χ1n) is 8.71. The molecule has 2 heteroatoms. The van der Waals surface area contributed by atoms with Gasteiger partial charge in [0, 0.05) is 22.3 Å². The smallest absolute Gasteiger partial charge is 0.193 e. The molecule has 3 aromatic rings. The SMILES string of the molecule is Cc1ccc(C(=O)c2ccc(C(=O)c3ccc(C)cc3)c(C)c2C)cc1. The van der Waals surface area contributed by atoms with Gasteiger partial charge in [0.2, 0.25) is 0 Å². The van der Waals surface area contributed by atoms with E-state index in [1.165, 1.54) is 0 Å². The molecule has 0 N–H and O–H groups in total. The Kier molecular flexibility index (Phi) is 4.85. The molecule has 26 heavy (non-hydrogen) atoms. The van der Waals surface area contributed by atoms with Crippen molar-refractivity contribution in [3.8, 4) is 0 Å². The lowest BCUT2D eigenvalue weighted by molar-refractivity contribution is 0.102. The number of ketones is 2. The van der Waals surface area contributed by atoms with Crippen LogP contribution in [-0.2, 0) is 0 Å². The van der Waals surface area contributed by atoms with E-state index in [1.807, 2.05) is 76.2 Å². The van der Waals surface area contributed by atoms with E-state index in [4.69, 9.17) is 0 Å². The molecule has 0 fully saturated rings. The normalized spacial score (nSPS) is 10.6. The summed E-state index contributed by atoms with van der Waals surface area (Å²) in [5.74, 6) is -0.0279. The minimum absolute atomic E-state index is 0.0139. The Labute approximate surface area is 154 Å². The van der Waals surface area contributed by atoms with Crippen LogP contribution >= 0.6 is 0 Å². The van der Waals surface area contributed by atoms with E-state index < -0.39 is 0 Å². The number of aryl methyl sites for hydroxylation is 2. The highest BCUT2D eigenvalue weighted by Gasteiger charge is 2.18. The Morgan fingerprint density at radius 2 is 0.808 bits per heavy atom. The molecule has 2 nitrogen and oxygen atoms in total. The molecule has 0 bridgehead atoms. The van der Waals surface area contributed by atoms with E-state index in [-0.39, 0.29) is 11.6 Å². The maximum atomic E-state index is 12.8. The van der Waals surface area contributed by atoms with E-state index in [0.29, 0.717) is 22.3 Å². The lowest BCUT2D eigenvalue weighted by atomic mass is 9.90. The topological polar surface area (TPSA) is 34.1 Å². The second-order valence-electron chi connectivity index (χ2n) is 6.80. The van der Waals surface area contributed by atoms with Gasteiger partial charge in [0.05, 0.1) is 0 Å². The van der Waals surface area contributed by atoms with Gasteiger partial charge in [-0.2, -0.15) is 0 Å². The number of hydrogen-bond acceptors (Lipinski definition) is 2. The maximum Gasteiger partial charge on any atom is 0.193 e. The third kappa shape index (κ3) is 3.36. The van der Waals surface area contributed by atoms with Crippen LogP contribution in [0.1, 0.15) is 54.1 Å². The van der Waals surface area contributed by atoms with Gasteiger partial charge >= 0.3 is 0 Å². The standard InChI is InChI=1S/C24H22O2/c1-15-5-9-19(10-6-15)23(25)21-13-14-22(18(4)17(21)3)24(26)20-11-7-16(2)8-12-20/h5-14H,1-4H3. The summed E-state index contributed by atoms with van der Waals surface area (Å²) < 4.78 is 0. The molecule has 0 unspecified atom stereocenters. The summed E-state index contributed by atoms with van der Waals surface area (Å²) in [6, 6.07) is 18.7. The van der Waals surface area contributed by atoms with Crippen LogP contribution in [0.25, 0.3) is 0 Å². The Morgan fingerprint density at radius 1 is 0.500 bits per heavy atom. The van der Waals surface area contributed by atoms with Gasteiger partial charge in [0.1, 0.15) is 0 Å². The summed E-state index contributed by atoms with van der Waals surface area (Å²) in [7, 11) is 0. The molecule has 0 aliphatic heterocycles. The zero-order valence-corrected chi connectivity index (χ0v) is 15.6. The van der Waals surface area contributed by atoms with Crippen molar-refractivity contribution in [2.24, 2.45) is 0 Å². The average molecular weight is 342 g/mol. The zero-order valence-electron chi connectivity index (χ0n) is 15.6. The summed E-state index contributed by atoms with van der Waals surface area (Å²) >= 11 is 0. The predicted molar refractivity (Wildman–Crippen MR) is 105 cm³/mol. The maximum absolute atomic E-state index is 12.8. The Morgan fingerprint density at radius 3 is 1.12 bits per heavy atom. The third-order valence-corrected chi connectivity index (χ3v) is 4.90. The van der Waals surface area contributed by atoms with Crippen molar-refractivity contribution in [1.29, 1.82) is 0 Å². The molecule has 3 rings (SSSR count). The number of hydrogen-bond donors (Lipinski definition) is 0. The number of carbonyl (C=O) groups is 2. The first kappa shape index (κ1) is 17.8. The van der Waals surface area contributed by atoms with E-state index in [9.17, 15) is 9.59 Å². The van der Waals surface area contributed by atoms with E-state index in [1.54, 1.807) is 12.1 Å². The monoisotopic (exact) mass is 342 g/mol. The molecular formula is C24H22O2. The van der Waals surface area contributed by atoms with Crippen molar-refractivity contribution >= 4 is 11.6 Å². The van der Waals surface area contributed by atoms with Crippen LogP contribution in [0.5, 0.6) is 0 Å². The van der Waals surface area contributed by atoms with Crippen LogP contribution in [0.2, 0.25) is 0 Å². The molecule has 0 aromatic heterocycles. The molecule has 0 saturated carbocycles. The van der Waals surface area contributed by atoms with Gasteiger partial charge < -0.3 is 0 Å². The van der Waals surface area contributed by atoms with Gasteiger partial charge in [-0.25, -0.2) is 0 Å². The van der Waals surface area contributed by atoms with Crippen LogP contribution in [-0.4, -0.2) is 11.6 Å². The van der Waals surface area contributed by atoms with Crippen molar-refractivity contribution in [2.45, 2.75) is 27.7 Å². The van der Waals surface area contributed by atoms with Crippen molar-refractivity contribution in [1.82, 2.24) is 0 Å². The van der Waals surface area contributed by atoms with Crippen LogP contribution in [0.3, 0.4) is 0 Å². The Balaban J connectivity index is 1.98. The lowest BCUT2D eigenvalue weighted by Gasteiger charge is -2.13. The van der Waals surface area contributed by atoms with Gasteiger partial charge in [-0.05, 0) is 38.8 Å². The Hall–Kier alpha value is -3.00. The van der Waals surface area contributed by atoms with Crippen LogP contribution in [0.4, 0.5) is 0 Å². The van der Waals surface area contributed by atoms with Gasteiger partial charge in [0.15, 0.2) is 11.6 Å². The molecule has 0 aliphatic carbocycles. The fourth-order valence-corrected chi connectivity index (χ4v) is 3.03. The average Bonchev–Trinajstić information content (AvgIpc) is 2.64. The minimum Gasteiger partial charge on any atom is -0.289 e. The van der Waals surface area contributed by atoms with Gasteiger partial charge in [-0.1, -0.05) is 71.8 Å². The predicted octanol–water partition coefficient (Wildman–Crippen LogP) is 5.38. The second-order valence-corrected chi connectivity index (χ2v) is 6.80. The second kappa shape index (κ2) is 7.09. The van der Waals surface area contributed by atoms with E-state index in [0.717, 1.165) is 22.3 Å². The summed E-state index contributed by atoms with van der Waals surface area (Å²) in [6.07, 6.45) is 0. The van der Waals surface area contributed by atoms with Gasteiger partial charge in [0.25, 0.3) is 0 Å². The summed E-state index contributed by atoms with van der Waals surface area (Å²) in [5.41, 5.74) is 6.56. The number of rotatable bonds is 4.